The Kier molecular flexibility index (Phi) is 3.94. The molecule has 0 fully saturated rings. The van der Waals surface area contributed by atoms with E-state index in [4.69, 9.17) is 4.74 Å². The van der Waals surface area contributed by atoms with Gasteiger partial charge in [0.15, 0.2) is 11.6 Å². The van der Waals surface area contributed by atoms with Crippen molar-refractivity contribution in [2.24, 2.45) is 0 Å². The Balaban J connectivity index is 1.63. The predicted octanol–water partition coefficient (Wildman–Crippen LogP) is 5.69. The highest BCUT2D eigenvalue weighted by atomic mass is 19.2. The molecule has 1 N–H and O–H groups in total. The van der Waals surface area contributed by atoms with Crippen molar-refractivity contribution in [1.82, 2.24) is 4.98 Å². The highest BCUT2D eigenvalue weighted by Crippen LogP contribution is 2.32. The summed E-state index contributed by atoms with van der Waals surface area (Å²) in [5.41, 5.74) is 3.64. The van der Waals surface area contributed by atoms with E-state index in [9.17, 15) is 8.78 Å². The van der Waals surface area contributed by atoms with Crippen LogP contribution < -0.4 is 4.74 Å². The van der Waals surface area contributed by atoms with Crippen molar-refractivity contribution in [2.75, 3.05) is 0 Å². The summed E-state index contributed by atoms with van der Waals surface area (Å²) in [4.78, 5) is 3.17. The van der Waals surface area contributed by atoms with Crippen LogP contribution >= 0.6 is 0 Å². The van der Waals surface area contributed by atoms with Gasteiger partial charge in [0.1, 0.15) is 12.4 Å². The summed E-state index contributed by atoms with van der Waals surface area (Å²) in [5, 5.41) is 1.12. The summed E-state index contributed by atoms with van der Waals surface area (Å²) in [7, 11) is 0. The molecule has 0 saturated heterocycles. The first kappa shape index (κ1) is 15.4. The Labute approximate surface area is 143 Å². The number of para-hydroxylation sites is 1. The van der Waals surface area contributed by atoms with E-state index in [-0.39, 0.29) is 6.61 Å². The minimum absolute atomic E-state index is 0.167. The zero-order chi connectivity index (χ0) is 17.2. The number of H-pyrrole nitrogens is 1. The van der Waals surface area contributed by atoms with Gasteiger partial charge in [-0.2, -0.15) is 0 Å². The molecule has 0 spiro atoms. The third-order valence-electron chi connectivity index (χ3n) is 4.13. The third-order valence-corrected chi connectivity index (χ3v) is 4.13. The lowest BCUT2D eigenvalue weighted by atomic mass is 10.0. The largest absolute Gasteiger partial charge is 0.488 e. The number of hydrogen-bond acceptors (Lipinski definition) is 1. The van der Waals surface area contributed by atoms with Crippen LogP contribution in [0.5, 0.6) is 5.75 Å². The van der Waals surface area contributed by atoms with Gasteiger partial charge in [0, 0.05) is 17.3 Å². The molecule has 2 nitrogen and oxygen atoms in total. The quantitative estimate of drug-likeness (QED) is 0.509. The molecule has 4 aromatic rings. The Morgan fingerprint density at radius 3 is 2.60 bits per heavy atom. The first-order chi connectivity index (χ1) is 12.2. The molecule has 0 radical (unpaired) electrons. The number of ether oxygens (including phenoxy) is 1. The summed E-state index contributed by atoms with van der Waals surface area (Å²) >= 11 is 0. The minimum Gasteiger partial charge on any atom is -0.488 e. The van der Waals surface area contributed by atoms with E-state index in [1.165, 1.54) is 6.07 Å². The van der Waals surface area contributed by atoms with Crippen LogP contribution in [0, 0.1) is 11.6 Å². The highest BCUT2D eigenvalue weighted by molar-refractivity contribution is 5.86. The molecular weight excluding hydrogens is 320 g/mol. The lowest BCUT2D eigenvalue weighted by molar-refractivity contribution is 0.306. The molecule has 0 saturated carbocycles. The molecule has 0 atom stereocenters. The van der Waals surface area contributed by atoms with Crippen molar-refractivity contribution in [3.63, 3.8) is 0 Å². The fraction of sp³-hybridized carbons (Fsp3) is 0.0476. The predicted molar refractivity (Wildman–Crippen MR) is 94.4 cm³/mol. The van der Waals surface area contributed by atoms with Crippen molar-refractivity contribution >= 4 is 10.9 Å². The number of benzene rings is 3. The molecule has 1 heterocycles. The van der Waals surface area contributed by atoms with E-state index >= 15 is 0 Å². The average molecular weight is 335 g/mol. The first-order valence-electron chi connectivity index (χ1n) is 7.94. The summed E-state index contributed by atoms with van der Waals surface area (Å²) in [5.74, 6) is -1.03. The first-order valence-corrected chi connectivity index (χ1v) is 7.94. The minimum atomic E-state index is -0.868. The van der Waals surface area contributed by atoms with Gasteiger partial charge in [-0.05, 0) is 52.9 Å². The zero-order valence-electron chi connectivity index (χ0n) is 13.3. The van der Waals surface area contributed by atoms with Crippen LogP contribution in [0.3, 0.4) is 0 Å². The van der Waals surface area contributed by atoms with Crippen LogP contribution in [0.25, 0.3) is 22.0 Å². The van der Waals surface area contributed by atoms with E-state index < -0.39 is 11.6 Å². The Hall–Kier alpha value is -3.14. The van der Waals surface area contributed by atoms with Crippen LogP contribution in [-0.4, -0.2) is 4.98 Å². The lowest BCUT2D eigenvalue weighted by Gasteiger charge is -2.12. The maximum atomic E-state index is 13.3. The molecule has 0 aliphatic rings. The van der Waals surface area contributed by atoms with Crippen molar-refractivity contribution < 1.29 is 13.5 Å². The molecule has 0 unspecified atom stereocenters. The molecule has 0 aliphatic carbocycles. The fourth-order valence-corrected chi connectivity index (χ4v) is 2.84. The number of aromatic nitrogens is 1. The smallest absolute Gasteiger partial charge is 0.159 e. The van der Waals surface area contributed by atoms with Gasteiger partial charge in [-0.1, -0.05) is 30.3 Å². The monoisotopic (exact) mass is 335 g/mol. The lowest BCUT2D eigenvalue weighted by Crippen LogP contribution is -1.98. The highest BCUT2D eigenvalue weighted by Gasteiger charge is 2.08. The number of halogens is 2. The maximum Gasteiger partial charge on any atom is 0.159 e. The fourth-order valence-electron chi connectivity index (χ4n) is 2.84. The van der Waals surface area contributed by atoms with Gasteiger partial charge in [-0.25, -0.2) is 8.78 Å². The average Bonchev–Trinajstić information content (AvgIpc) is 3.11. The van der Waals surface area contributed by atoms with Gasteiger partial charge in [-0.15, -0.1) is 0 Å². The number of aromatic amines is 1. The van der Waals surface area contributed by atoms with Gasteiger partial charge >= 0.3 is 0 Å². The van der Waals surface area contributed by atoms with E-state index in [1.54, 1.807) is 0 Å². The number of fused-ring (bicyclic) bond motifs is 1. The van der Waals surface area contributed by atoms with Crippen LogP contribution in [0.15, 0.2) is 72.9 Å². The molecule has 0 bridgehead atoms. The van der Waals surface area contributed by atoms with Gasteiger partial charge in [0.2, 0.25) is 0 Å². The molecule has 4 rings (SSSR count). The zero-order valence-corrected chi connectivity index (χ0v) is 13.3. The van der Waals surface area contributed by atoms with E-state index in [1.807, 2.05) is 48.7 Å². The van der Waals surface area contributed by atoms with Crippen LogP contribution in [0.4, 0.5) is 8.78 Å². The van der Waals surface area contributed by atoms with Crippen molar-refractivity contribution in [2.45, 2.75) is 6.61 Å². The van der Waals surface area contributed by atoms with Crippen molar-refractivity contribution in [1.29, 1.82) is 0 Å². The number of rotatable bonds is 4. The Morgan fingerprint density at radius 2 is 1.72 bits per heavy atom. The standard InChI is InChI=1S/C21H15F2NO/c22-18-7-5-14(11-19(18)23)13-25-21-4-2-1-3-17(21)15-6-8-20-16(12-15)9-10-24-20/h1-12,24H,13H2. The van der Waals surface area contributed by atoms with Crippen molar-refractivity contribution in [3.05, 3.63) is 90.1 Å². The van der Waals surface area contributed by atoms with E-state index in [2.05, 4.69) is 11.1 Å². The normalized spacial score (nSPS) is 11.0. The summed E-state index contributed by atoms with van der Waals surface area (Å²) in [6.07, 6.45) is 1.90. The molecular formula is C21H15F2NO. The molecule has 1 aromatic heterocycles. The second-order valence-electron chi connectivity index (χ2n) is 5.81. The van der Waals surface area contributed by atoms with E-state index in [0.717, 1.165) is 34.2 Å². The molecule has 25 heavy (non-hydrogen) atoms. The molecule has 0 amide bonds. The van der Waals surface area contributed by atoms with Gasteiger partial charge in [-0.3, -0.25) is 0 Å². The van der Waals surface area contributed by atoms with Gasteiger partial charge < -0.3 is 9.72 Å². The second kappa shape index (κ2) is 6.40. The Bertz CT molecular complexity index is 1040. The molecule has 4 heteroatoms. The second-order valence-corrected chi connectivity index (χ2v) is 5.81. The Morgan fingerprint density at radius 1 is 0.840 bits per heavy atom. The number of hydrogen-bond donors (Lipinski definition) is 1. The number of nitrogens with one attached hydrogen (secondary N) is 1. The van der Waals surface area contributed by atoms with Crippen LogP contribution in [-0.2, 0) is 6.61 Å². The molecule has 124 valence electrons. The van der Waals surface area contributed by atoms with Gasteiger partial charge in [0.05, 0.1) is 0 Å². The van der Waals surface area contributed by atoms with Gasteiger partial charge in [0.25, 0.3) is 0 Å². The van der Waals surface area contributed by atoms with Crippen molar-refractivity contribution in [3.8, 4) is 16.9 Å². The van der Waals surface area contributed by atoms with Crippen LogP contribution in [0.1, 0.15) is 5.56 Å². The topological polar surface area (TPSA) is 25.0 Å². The molecule has 3 aromatic carbocycles. The summed E-state index contributed by atoms with van der Waals surface area (Å²) < 4.78 is 32.2. The molecule has 0 aliphatic heterocycles. The SMILES string of the molecule is Fc1ccc(COc2ccccc2-c2ccc3[nH]ccc3c2)cc1F. The van der Waals surface area contributed by atoms with E-state index in [0.29, 0.717) is 11.3 Å². The summed E-state index contributed by atoms with van der Waals surface area (Å²) in [6, 6.07) is 19.6. The maximum absolute atomic E-state index is 13.3. The summed E-state index contributed by atoms with van der Waals surface area (Å²) in [6.45, 7) is 0.167. The third kappa shape index (κ3) is 3.11. The van der Waals surface area contributed by atoms with Crippen LogP contribution in [0.2, 0.25) is 0 Å².